The molecule has 0 aliphatic heterocycles. The number of ketones is 1. The number of methoxy groups -OCH3 is 2. The average Bonchev–Trinajstić information content (AvgIpc) is 2.17. The molecule has 1 saturated carbocycles. The van der Waals surface area contributed by atoms with Crippen LogP contribution >= 0.6 is 0 Å². The summed E-state index contributed by atoms with van der Waals surface area (Å²) < 4.78 is 15.8. The zero-order valence-corrected chi connectivity index (χ0v) is 9.91. The summed E-state index contributed by atoms with van der Waals surface area (Å²) in [6, 6.07) is 0. The third kappa shape index (κ3) is 3.26. The van der Waals surface area contributed by atoms with Crippen LogP contribution in [0, 0.1) is 0 Å². The van der Waals surface area contributed by atoms with Gasteiger partial charge in [-0.3, -0.25) is 4.79 Å². The first-order valence-corrected chi connectivity index (χ1v) is 5.22. The SMILES string of the molecule is COC1C(=O)CC1OCCC(C)(C)OC. The molecule has 15 heavy (non-hydrogen) atoms. The summed E-state index contributed by atoms with van der Waals surface area (Å²) in [5, 5.41) is 0. The molecule has 4 nitrogen and oxygen atoms in total. The summed E-state index contributed by atoms with van der Waals surface area (Å²) >= 11 is 0. The number of carbonyl (C=O) groups is 1. The van der Waals surface area contributed by atoms with Gasteiger partial charge in [0.1, 0.15) is 6.10 Å². The third-order valence-corrected chi connectivity index (χ3v) is 2.90. The average molecular weight is 216 g/mol. The second-order valence-corrected chi connectivity index (χ2v) is 4.45. The molecule has 0 saturated heterocycles. The number of ether oxygens (including phenoxy) is 3. The fraction of sp³-hybridized carbons (Fsp3) is 0.909. The zero-order chi connectivity index (χ0) is 11.5. The molecule has 1 rings (SSSR count). The lowest BCUT2D eigenvalue weighted by Crippen LogP contribution is -2.50. The molecule has 4 heteroatoms. The summed E-state index contributed by atoms with van der Waals surface area (Å²) in [6.45, 7) is 4.62. The Morgan fingerprint density at radius 2 is 2.07 bits per heavy atom. The van der Waals surface area contributed by atoms with Crippen molar-refractivity contribution in [1.82, 2.24) is 0 Å². The third-order valence-electron chi connectivity index (χ3n) is 2.90. The van der Waals surface area contributed by atoms with Crippen LogP contribution in [0.4, 0.5) is 0 Å². The second-order valence-electron chi connectivity index (χ2n) is 4.45. The molecular weight excluding hydrogens is 196 g/mol. The zero-order valence-electron chi connectivity index (χ0n) is 9.91. The maximum atomic E-state index is 11.1. The highest BCUT2D eigenvalue weighted by Gasteiger charge is 2.40. The van der Waals surface area contributed by atoms with Gasteiger partial charge in [-0.2, -0.15) is 0 Å². The summed E-state index contributed by atoms with van der Waals surface area (Å²) in [4.78, 5) is 11.1. The van der Waals surface area contributed by atoms with Crippen molar-refractivity contribution in [2.24, 2.45) is 0 Å². The first kappa shape index (κ1) is 12.6. The van der Waals surface area contributed by atoms with E-state index in [1.54, 1.807) is 7.11 Å². The highest BCUT2D eigenvalue weighted by molar-refractivity contribution is 5.90. The van der Waals surface area contributed by atoms with Gasteiger partial charge in [-0.05, 0) is 20.3 Å². The van der Waals surface area contributed by atoms with Crippen LogP contribution in [0.2, 0.25) is 0 Å². The molecule has 0 aromatic heterocycles. The molecule has 2 atom stereocenters. The van der Waals surface area contributed by atoms with Crippen molar-refractivity contribution in [3.63, 3.8) is 0 Å². The summed E-state index contributed by atoms with van der Waals surface area (Å²) in [5.74, 6) is 0.133. The van der Waals surface area contributed by atoms with Crippen molar-refractivity contribution in [2.75, 3.05) is 20.8 Å². The standard InChI is InChI=1S/C11H20O4/c1-11(2,14-4)5-6-15-9-7-8(12)10(9)13-3/h9-10H,5-7H2,1-4H3. The number of Topliss-reactive ketones (excluding diaryl/α,β-unsaturated/α-hetero) is 1. The number of rotatable bonds is 6. The van der Waals surface area contributed by atoms with Crippen LogP contribution in [0.15, 0.2) is 0 Å². The molecule has 0 heterocycles. The first-order valence-electron chi connectivity index (χ1n) is 5.22. The molecule has 2 unspecified atom stereocenters. The van der Waals surface area contributed by atoms with E-state index in [4.69, 9.17) is 14.2 Å². The molecule has 0 aromatic rings. The molecule has 0 aromatic carbocycles. The van der Waals surface area contributed by atoms with Crippen molar-refractivity contribution in [3.8, 4) is 0 Å². The van der Waals surface area contributed by atoms with E-state index in [0.29, 0.717) is 13.0 Å². The summed E-state index contributed by atoms with van der Waals surface area (Å²) in [5.41, 5.74) is -0.170. The van der Waals surface area contributed by atoms with E-state index in [9.17, 15) is 4.79 Å². The lowest BCUT2D eigenvalue weighted by Gasteiger charge is -2.34. The van der Waals surface area contributed by atoms with E-state index in [0.717, 1.165) is 6.42 Å². The Morgan fingerprint density at radius 1 is 1.40 bits per heavy atom. The topological polar surface area (TPSA) is 44.8 Å². The lowest BCUT2D eigenvalue weighted by atomic mass is 9.90. The monoisotopic (exact) mass is 216 g/mol. The Labute approximate surface area is 90.9 Å². The van der Waals surface area contributed by atoms with Gasteiger partial charge in [0.15, 0.2) is 5.78 Å². The van der Waals surface area contributed by atoms with Crippen LogP contribution in [-0.4, -0.2) is 44.4 Å². The molecule has 0 amide bonds. The minimum atomic E-state index is -0.351. The number of hydrogen-bond donors (Lipinski definition) is 0. The van der Waals surface area contributed by atoms with Gasteiger partial charge >= 0.3 is 0 Å². The molecule has 0 bridgehead atoms. The van der Waals surface area contributed by atoms with Crippen molar-refractivity contribution >= 4 is 5.78 Å². The smallest absolute Gasteiger partial charge is 0.166 e. The van der Waals surface area contributed by atoms with Crippen LogP contribution in [0.1, 0.15) is 26.7 Å². The van der Waals surface area contributed by atoms with Crippen molar-refractivity contribution < 1.29 is 19.0 Å². The predicted molar refractivity (Wildman–Crippen MR) is 55.9 cm³/mol. The maximum Gasteiger partial charge on any atom is 0.166 e. The van der Waals surface area contributed by atoms with Crippen LogP contribution in [0.3, 0.4) is 0 Å². The van der Waals surface area contributed by atoms with Gasteiger partial charge in [-0.1, -0.05) is 0 Å². The van der Waals surface area contributed by atoms with Gasteiger partial charge in [0.25, 0.3) is 0 Å². The predicted octanol–water partition coefficient (Wildman–Crippen LogP) is 1.17. The highest BCUT2D eigenvalue weighted by atomic mass is 16.5. The Morgan fingerprint density at radius 3 is 2.53 bits per heavy atom. The minimum absolute atomic E-state index is 0.0600. The molecule has 0 radical (unpaired) electrons. The molecular formula is C11H20O4. The second kappa shape index (κ2) is 5.05. The maximum absolute atomic E-state index is 11.1. The van der Waals surface area contributed by atoms with Gasteiger partial charge in [-0.15, -0.1) is 0 Å². The van der Waals surface area contributed by atoms with Crippen LogP contribution in [0.5, 0.6) is 0 Å². The van der Waals surface area contributed by atoms with E-state index in [2.05, 4.69) is 0 Å². The van der Waals surface area contributed by atoms with Crippen LogP contribution in [-0.2, 0) is 19.0 Å². The van der Waals surface area contributed by atoms with E-state index in [1.807, 2.05) is 13.8 Å². The van der Waals surface area contributed by atoms with E-state index in [1.165, 1.54) is 7.11 Å². The number of hydrogen-bond acceptors (Lipinski definition) is 4. The van der Waals surface area contributed by atoms with Gasteiger partial charge in [0, 0.05) is 27.2 Å². The normalized spacial score (nSPS) is 26.5. The van der Waals surface area contributed by atoms with Crippen molar-refractivity contribution in [1.29, 1.82) is 0 Å². The lowest BCUT2D eigenvalue weighted by molar-refractivity contribution is -0.163. The summed E-state index contributed by atoms with van der Waals surface area (Å²) in [6.07, 6.45) is 0.877. The molecule has 1 fully saturated rings. The fourth-order valence-electron chi connectivity index (χ4n) is 1.46. The van der Waals surface area contributed by atoms with Gasteiger partial charge in [-0.25, -0.2) is 0 Å². The molecule has 1 aliphatic carbocycles. The quantitative estimate of drug-likeness (QED) is 0.668. The molecule has 0 spiro atoms. The van der Waals surface area contributed by atoms with Crippen molar-refractivity contribution in [2.45, 2.75) is 44.5 Å². The molecule has 88 valence electrons. The van der Waals surface area contributed by atoms with Crippen molar-refractivity contribution in [3.05, 3.63) is 0 Å². The van der Waals surface area contributed by atoms with Gasteiger partial charge in [0.2, 0.25) is 0 Å². The Hall–Kier alpha value is -0.450. The van der Waals surface area contributed by atoms with Gasteiger partial charge in [0.05, 0.1) is 11.7 Å². The minimum Gasteiger partial charge on any atom is -0.379 e. The van der Waals surface area contributed by atoms with E-state index in [-0.39, 0.29) is 23.6 Å². The molecule has 1 aliphatic rings. The summed E-state index contributed by atoms with van der Waals surface area (Å²) in [7, 11) is 3.22. The highest BCUT2D eigenvalue weighted by Crippen LogP contribution is 2.23. The number of carbonyl (C=O) groups excluding carboxylic acids is 1. The first-order chi connectivity index (χ1) is 7.00. The Bertz CT molecular complexity index is 225. The van der Waals surface area contributed by atoms with Crippen LogP contribution in [0.25, 0.3) is 0 Å². The molecule has 0 N–H and O–H groups in total. The fourth-order valence-corrected chi connectivity index (χ4v) is 1.46. The Balaban J connectivity index is 2.19. The van der Waals surface area contributed by atoms with E-state index >= 15 is 0 Å². The largest absolute Gasteiger partial charge is 0.379 e. The Kier molecular flexibility index (Phi) is 4.25. The van der Waals surface area contributed by atoms with Crippen LogP contribution < -0.4 is 0 Å². The van der Waals surface area contributed by atoms with E-state index < -0.39 is 0 Å². The van der Waals surface area contributed by atoms with Gasteiger partial charge < -0.3 is 14.2 Å².